The van der Waals surface area contributed by atoms with Crippen LogP contribution < -0.4 is 5.32 Å². The van der Waals surface area contributed by atoms with Gasteiger partial charge in [0, 0.05) is 44.0 Å². The first-order valence-electron chi connectivity index (χ1n) is 5.47. The van der Waals surface area contributed by atoms with Crippen LogP contribution in [0.3, 0.4) is 0 Å². The molecule has 0 radical (unpaired) electrons. The van der Waals surface area contributed by atoms with Gasteiger partial charge in [0.2, 0.25) is 0 Å². The molecule has 0 unspecified atom stereocenters. The van der Waals surface area contributed by atoms with Crippen LogP contribution in [0.4, 0.5) is 0 Å². The molecule has 1 fully saturated rings. The zero-order chi connectivity index (χ0) is 10.5. The molecule has 0 bridgehead atoms. The molecule has 15 heavy (non-hydrogen) atoms. The van der Waals surface area contributed by atoms with E-state index < -0.39 is 0 Å². The highest BCUT2D eigenvalue weighted by molar-refractivity contribution is 7.09. The Morgan fingerprint density at radius 1 is 1.47 bits per heavy atom. The van der Waals surface area contributed by atoms with E-state index in [9.17, 15) is 0 Å². The van der Waals surface area contributed by atoms with E-state index in [1.165, 1.54) is 10.5 Å². The zero-order valence-corrected chi connectivity index (χ0v) is 9.85. The van der Waals surface area contributed by atoms with Crippen molar-refractivity contribution in [2.75, 3.05) is 32.7 Å². The third-order valence-electron chi connectivity index (χ3n) is 2.66. The first-order chi connectivity index (χ1) is 7.34. The molecule has 0 atom stereocenters. The maximum absolute atomic E-state index is 4.17. The smallest absolute Gasteiger partial charge is 0.0194 e. The minimum atomic E-state index is 1.04. The Balaban J connectivity index is 1.76. The van der Waals surface area contributed by atoms with E-state index in [2.05, 4.69) is 34.3 Å². The van der Waals surface area contributed by atoms with Crippen LogP contribution in [0.2, 0.25) is 0 Å². The first-order valence-corrected chi connectivity index (χ1v) is 6.34. The summed E-state index contributed by atoms with van der Waals surface area (Å²) in [5, 5.41) is 5.50. The number of piperazine rings is 1. The Labute approximate surface area is 95.6 Å². The highest BCUT2D eigenvalue weighted by atomic mass is 32.1. The molecule has 1 aliphatic heterocycles. The van der Waals surface area contributed by atoms with Gasteiger partial charge in [-0.1, -0.05) is 18.2 Å². The Hall–Kier alpha value is -0.640. The molecule has 1 N–H and O–H groups in total. The average molecular weight is 222 g/mol. The van der Waals surface area contributed by atoms with Gasteiger partial charge in [-0.15, -0.1) is 11.3 Å². The molecule has 1 aliphatic rings. The van der Waals surface area contributed by atoms with Crippen molar-refractivity contribution in [1.29, 1.82) is 0 Å². The summed E-state index contributed by atoms with van der Waals surface area (Å²) < 4.78 is 0. The minimum Gasteiger partial charge on any atom is -0.314 e. The van der Waals surface area contributed by atoms with Crippen molar-refractivity contribution in [3.63, 3.8) is 0 Å². The fourth-order valence-electron chi connectivity index (χ4n) is 1.90. The van der Waals surface area contributed by atoms with Gasteiger partial charge in [0.15, 0.2) is 0 Å². The minimum absolute atomic E-state index is 1.04. The molecule has 2 rings (SSSR count). The SMILES string of the molecule is C=C(Cc1cccs1)CN1CCNCC1. The molecule has 3 heteroatoms. The molecule has 0 spiro atoms. The van der Waals surface area contributed by atoms with Gasteiger partial charge >= 0.3 is 0 Å². The molecule has 0 saturated carbocycles. The summed E-state index contributed by atoms with van der Waals surface area (Å²) in [4.78, 5) is 3.90. The molecule has 1 saturated heterocycles. The first kappa shape index (κ1) is 10.9. The summed E-state index contributed by atoms with van der Waals surface area (Å²) >= 11 is 1.82. The molecular formula is C12H18N2S. The van der Waals surface area contributed by atoms with Crippen molar-refractivity contribution in [2.24, 2.45) is 0 Å². The number of hydrogen-bond acceptors (Lipinski definition) is 3. The van der Waals surface area contributed by atoms with Crippen LogP contribution in [0.25, 0.3) is 0 Å². The van der Waals surface area contributed by atoms with Gasteiger partial charge in [-0.2, -0.15) is 0 Å². The lowest BCUT2D eigenvalue weighted by Crippen LogP contribution is -2.44. The Kier molecular flexibility index (Phi) is 3.94. The highest BCUT2D eigenvalue weighted by Gasteiger charge is 2.10. The van der Waals surface area contributed by atoms with Crippen molar-refractivity contribution in [2.45, 2.75) is 6.42 Å². The fourth-order valence-corrected chi connectivity index (χ4v) is 2.68. The zero-order valence-electron chi connectivity index (χ0n) is 9.04. The molecule has 0 amide bonds. The monoisotopic (exact) mass is 222 g/mol. The van der Waals surface area contributed by atoms with Crippen LogP contribution >= 0.6 is 11.3 Å². The van der Waals surface area contributed by atoms with E-state index in [0.29, 0.717) is 0 Å². The number of nitrogens with one attached hydrogen (secondary N) is 1. The second kappa shape index (κ2) is 5.45. The van der Waals surface area contributed by atoms with Crippen LogP contribution in [0.5, 0.6) is 0 Å². The van der Waals surface area contributed by atoms with Gasteiger partial charge in [0.25, 0.3) is 0 Å². The predicted octanol–water partition coefficient (Wildman–Crippen LogP) is 1.75. The number of nitrogens with zero attached hydrogens (tertiary/aromatic N) is 1. The van der Waals surface area contributed by atoms with Gasteiger partial charge in [-0.05, 0) is 11.4 Å². The van der Waals surface area contributed by atoms with E-state index in [0.717, 1.165) is 39.1 Å². The normalized spacial score (nSPS) is 17.9. The predicted molar refractivity (Wildman–Crippen MR) is 66.5 cm³/mol. The third-order valence-corrected chi connectivity index (χ3v) is 3.54. The molecule has 0 aromatic carbocycles. The summed E-state index contributed by atoms with van der Waals surface area (Å²) in [5.41, 5.74) is 1.33. The quantitative estimate of drug-likeness (QED) is 0.781. The third kappa shape index (κ3) is 3.45. The van der Waals surface area contributed by atoms with Crippen LogP contribution in [0.15, 0.2) is 29.7 Å². The van der Waals surface area contributed by atoms with E-state index in [1.807, 2.05) is 11.3 Å². The Morgan fingerprint density at radius 3 is 2.93 bits per heavy atom. The van der Waals surface area contributed by atoms with E-state index >= 15 is 0 Å². The maximum Gasteiger partial charge on any atom is 0.0194 e. The second-order valence-corrected chi connectivity index (χ2v) is 5.06. The number of rotatable bonds is 4. The van der Waals surface area contributed by atoms with E-state index in [-0.39, 0.29) is 0 Å². The number of hydrogen-bond donors (Lipinski definition) is 1. The van der Waals surface area contributed by atoms with Crippen molar-refractivity contribution in [3.05, 3.63) is 34.5 Å². The summed E-state index contributed by atoms with van der Waals surface area (Å²) in [6.07, 6.45) is 1.04. The standard InChI is InChI=1S/C12H18N2S/c1-11(9-12-3-2-8-15-12)10-14-6-4-13-5-7-14/h2-3,8,13H,1,4-7,9-10H2. The van der Waals surface area contributed by atoms with Crippen molar-refractivity contribution >= 4 is 11.3 Å². The molecular weight excluding hydrogens is 204 g/mol. The Bertz CT molecular complexity index is 299. The molecule has 1 aromatic heterocycles. The van der Waals surface area contributed by atoms with Gasteiger partial charge in [0.1, 0.15) is 0 Å². The highest BCUT2D eigenvalue weighted by Crippen LogP contribution is 2.13. The van der Waals surface area contributed by atoms with Crippen LogP contribution in [-0.4, -0.2) is 37.6 Å². The van der Waals surface area contributed by atoms with E-state index in [1.54, 1.807) is 0 Å². The van der Waals surface area contributed by atoms with Crippen molar-refractivity contribution in [1.82, 2.24) is 10.2 Å². The van der Waals surface area contributed by atoms with Gasteiger partial charge in [-0.3, -0.25) is 4.90 Å². The molecule has 1 aromatic rings. The lowest BCUT2D eigenvalue weighted by atomic mass is 10.1. The van der Waals surface area contributed by atoms with Crippen LogP contribution in [0, 0.1) is 0 Å². The van der Waals surface area contributed by atoms with Crippen molar-refractivity contribution < 1.29 is 0 Å². The van der Waals surface area contributed by atoms with Crippen LogP contribution in [0.1, 0.15) is 4.88 Å². The fraction of sp³-hybridized carbons (Fsp3) is 0.500. The second-order valence-electron chi connectivity index (χ2n) is 4.03. The average Bonchev–Trinajstić information content (AvgIpc) is 2.71. The molecule has 0 aliphatic carbocycles. The summed E-state index contributed by atoms with van der Waals surface area (Å²) in [7, 11) is 0. The summed E-state index contributed by atoms with van der Waals surface area (Å²) in [6.45, 7) is 9.77. The van der Waals surface area contributed by atoms with E-state index in [4.69, 9.17) is 0 Å². The molecule has 2 heterocycles. The lowest BCUT2D eigenvalue weighted by Gasteiger charge is -2.27. The molecule has 2 nitrogen and oxygen atoms in total. The summed E-state index contributed by atoms with van der Waals surface area (Å²) in [6, 6.07) is 4.30. The lowest BCUT2D eigenvalue weighted by molar-refractivity contribution is 0.258. The number of thiophene rings is 1. The van der Waals surface area contributed by atoms with Gasteiger partial charge < -0.3 is 5.32 Å². The largest absolute Gasteiger partial charge is 0.314 e. The van der Waals surface area contributed by atoms with Gasteiger partial charge in [0.05, 0.1) is 0 Å². The Morgan fingerprint density at radius 2 is 2.27 bits per heavy atom. The molecule has 82 valence electrons. The topological polar surface area (TPSA) is 15.3 Å². The van der Waals surface area contributed by atoms with Crippen LogP contribution in [-0.2, 0) is 6.42 Å². The van der Waals surface area contributed by atoms with Crippen molar-refractivity contribution in [3.8, 4) is 0 Å². The maximum atomic E-state index is 4.17. The van der Waals surface area contributed by atoms with Gasteiger partial charge in [-0.25, -0.2) is 0 Å². The summed E-state index contributed by atoms with van der Waals surface area (Å²) in [5.74, 6) is 0.